The van der Waals surface area contributed by atoms with E-state index in [1.165, 1.54) is 5.56 Å². The van der Waals surface area contributed by atoms with Gasteiger partial charge in [-0.05, 0) is 31.5 Å². The van der Waals surface area contributed by atoms with Crippen molar-refractivity contribution in [2.75, 3.05) is 13.2 Å². The quantitative estimate of drug-likeness (QED) is 0.872. The third-order valence-electron chi connectivity index (χ3n) is 4.27. The lowest BCUT2D eigenvalue weighted by molar-refractivity contribution is -0.0701. The number of aromatic nitrogens is 2. The van der Waals surface area contributed by atoms with Gasteiger partial charge in [0.25, 0.3) is 0 Å². The fourth-order valence-corrected chi connectivity index (χ4v) is 2.64. The van der Waals surface area contributed by atoms with E-state index in [1.807, 2.05) is 14.0 Å². The molecule has 4 nitrogen and oxygen atoms in total. The van der Waals surface area contributed by atoms with Gasteiger partial charge in [-0.25, -0.2) is 4.98 Å². The highest BCUT2D eigenvalue weighted by atomic mass is 16.5. The van der Waals surface area contributed by atoms with Gasteiger partial charge in [-0.1, -0.05) is 6.07 Å². The van der Waals surface area contributed by atoms with Crippen LogP contribution in [0, 0.1) is 6.92 Å². The van der Waals surface area contributed by atoms with Crippen LogP contribution in [0.1, 0.15) is 18.3 Å². The van der Waals surface area contributed by atoms with Gasteiger partial charge in [0.2, 0.25) is 0 Å². The normalized spacial score (nSPS) is 19.8. The largest absolute Gasteiger partial charge is 0.379 e. The Labute approximate surface area is 107 Å². The molecule has 2 N–H and O–H groups in total. The Morgan fingerprint density at radius 1 is 1.44 bits per heavy atom. The van der Waals surface area contributed by atoms with Gasteiger partial charge in [0.15, 0.2) is 0 Å². The summed E-state index contributed by atoms with van der Waals surface area (Å²) in [6.45, 7) is 5.49. The Hall–Kier alpha value is -1.39. The maximum absolute atomic E-state index is 6.14. The van der Waals surface area contributed by atoms with E-state index in [0.29, 0.717) is 13.2 Å². The van der Waals surface area contributed by atoms with Crippen molar-refractivity contribution in [3.63, 3.8) is 0 Å². The second-order valence-corrected chi connectivity index (χ2v) is 5.36. The second-order valence-electron chi connectivity index (χ2n) is 5.36. The molecule has 1 fully saturated rings. The zero-order chi connectivity index (χ0) is 12.9. The van der Waals surface area contributed by atoms with Gasteiger partial charge in [0, 0.05) is 13.1 Å². The third-order valence-corrected chi connectivity index (χ3v) is 4.27. The topological polar surface area (TPSA) is 53.1 Å². The zero-order valence-corrected chi connectivity index (χ0v) is 11.1. The van der Waals surface area contributed by atoms with Gasteiger partial charge in [-0.2, -0.15) is 0 Å². The standard InChI is InChI=1S/C14H19N3O/c1-9(15)14(7-18-8-14)11-4-5-13-12(6-11)16-10(2)17(13)3/h4-6,9H,7-8,15H2,1-3H3. The van der Waals surface area contributed by atoms with E-state index in [4.69, 9.17) is 10.5 Å². The summed E-state index contributed by atoms with van der Waals surface area (Å²) in [7, 11) is 2.04. The Morgan fingerprint density at radius 3 is 2.72 bits per heavy atom. The summed E-state index contributed by atoms with van der Waals surface area (Å²) >= 11 is 0. The number of nitrogens with zero attached hydrogens (tertiary/aromatic N) is 2. The van der Waals surface area contributed by atoms with Crippen LogP contribution in [-0.2, 0) is 17.2 Å². The summed E-state index contributed by atoms with van der Waals surface area (Å²) < 4.78 is 7.50. The smallest absolute Gasteiger partial charge is 0.106 e. The molecule has 1 saturated heterocycles. The first-order valence-electron chi connectivity index (χ1n) is 6.31. The number of rotatable bonds is 2. The van der Waals surface area contributed by atoms with Gasteiger partial charge in [-0.3, -0.25) is 0 Å². The van der Waals surface area contributed by atoms with Crippen molar-refractivity contribution in [2.24, 2.45) is 12.8 Å². The number of hydrogen-bond donors (Lipinski definition) is 1. The average Bonchev–Trinajstić information content (AvgIpc) is 2.52. The molecule has 1 aromatic heterocycles. The zero-order valence-electron chi connectivity index (χ0n) is 11.1. The number of hydrogen-bond acceptors (Lipinski definition) is 3. The molecule has 0 radical (unpaired) electrons. The van der Waals surface area contributed by atoms with Gasteiger partial charge in [0.1, 0.15) is 5.82 Å². The average molecular weight is 245 g/mol. The van der Waals surface area contributed by atoms with E-state index in [9.17, 15) is 0 Å². The van der Waals surface area contributed by atoms with Crippen molar-refractivity contribution >= 4 is 11.0 Å². The molecule has 0 spiro atoms. The van der Waals surface area contributed by atoms with Crippen LogP contribution in [0.5, 0.6) is 0 Å². The minimum Gasteiger partial charge on any atom is -0.379 e. The number of ether oxygens (including phenoxy) is 1. The Bertz CT molecular complexity index is 596. The number of imidazole rings is 1. The number of benzene rings is 1. The lowest BCUT2D eigenvalue weighted by atomic mass is 9.73. The van der Waals surface area contributed by atoms with Crippen LogP contribution in [0.3, 0.4) is 0 Å². The number of aryl methyl sites for hydroxylation is 2. The molecule has 3 rings (SSSR count). The molecule has 0 bridgehead atoms. The van der Waals surface area contributed by atoms with E-state index in [1.54, 1.807) is 0 Å². The molecule has 0 aliphatic carbocycles. The first kappa shape index (κ1) is 11.7. The van der Waals surface area contributed by atoms with E-state index in [0.717, 1.165) is 16.9 Å². The van der Waals surface area contributed by atoms with Crippen LogP contribution < -0.4 is 5.73 Å². The molecule has 1 unspecified atom stereocenters. The molecule has 2 aromatic rings. The molecule has 1 atom stereocenters. The molecule has 1 aliphatic rings. The van der Waals surface area contributed by atoms with Gasteiger partial charge < -0.3 is 15.0 Å². The molecule has 18 heavy (non-hydrogen) atoms. The molecular formula is C14H19N3O. The number of nitrogens with two attached hydrogens (primary N) is 1. The molecule has 0 saturated carbocycles. The summed E-state index contributed by atoms with van der Waals surface area (Å²) in [5.41, 5.74) is 9.56. The second kappa shape index (κ2) is 3.80. The summed E-state index contributed by atoms with van der Waals surface area (Å²) in [5.74, 6) is 1.03. The van der Waals surface area contributed by atoms with Crippen molar-refractivity contribution in [1.82, 2.24) is 9.55 Å². The first-order valence-corrected chi connectivity index (χ1v) is 6.31. The molecule has 96 valence electrons. The van der Waals surface area contributed by atoms with Gasteiger partial charge in [-0.15, -0.1) is 0 Å². The van der Waals surface area contributed by atoms with Crippen LogP contribution >= 0.6 is 0 Å². The summed E-state index contributed by atoms with van der Waals surface area (Å²) in [6.07, 6.45) is 0. The van der Waals surface area contributed by atoms with Crippen molar-refractivity contribution in [3.05, 3.63) is 29.6 Å². The maximum Gasteiger partial charge on any atom is 0.106 e. The van der Waals surface area contributed by atoms with Gasteiger partial charge in [0.05, 0.1) is 29.7 Å². The first-order chi connectivity index (χ1) is 8.54. The fraction of sp³-hybridized carbons (Fsp3) is 0.500. The highest BCUT2D eigenvalue weighted by molar-refractivity contribution is 5.77. The molecule has 1 aliphatic heterocycles. The maximum atomic E-state index is 6.14. The fourth-order valence-electron chi connectivity index (χ4n) is 2.64. The molecule has 0 amide bonds. The summed E-state index contributed by atoms with van der Waals surface area (Å²) in [4.78, 5) is 4.59. The summed E-state index contributed by atoms with van der Waals surface area (Å²) in [6, 6.07) is 6.55. The molecule has 2 heterocycles. The lowest BCUT2D eigenvalue weighted by Gasteiger charge is -2.45. The molecular weight excluding hydrogens is 226 g/mol. The van der Waals surface area contributed by atoms with Crippen molar-refractivity contribution < 1.29 is 4.74 Å². The van der Waals surface area contributed by atoms with Crippen molar-refractivity contribution in [3.8, 4) is 0 Å². The SMILES string of the molecule is Cc1nc2cc(C3(C(C)N)COC3)ccc2n1C. The molecule has 4 heteroatoms. The van der Waals surface area contributed by atoms with E-state index >= 15 is 0 Å². The monoisotopic (exact) mass is 245 g/mol. The Kier molecular flexibility index (Phi) is 2.47. The third kappa shape index (κ3) is 1.42. The lowest BCUT2D eigenvalue weighted by Crippen LogP contribution is -2.57. The predicted molar refractivity (Wildman–Crippen MR) is 71.6 cm³/mol. The Morgan fingerprint density at radius 2 is 2.17 bits per heavy atom. The van der Waals surface area contributed by atoms with Crippen LogP contribution in [0.4, 0.5) is 0 Å². The van der Waals surface area contributed by atoms with Crippen LogP contribution in [0.2, 0.25) is 0 Å². The van der Waals surface area contributed by atoms with E-state index in [-0.39, 0.29) is 11.5 Å². The minimum absolute atomic E-state index is 0.0282. The molecule has 1 aromatic carbocycles. The van der Waals surface area contributed by atoms with E-state index < -0.39 is 0 Å². The highest BCUT2D eigenvalue weighted by Gasteiger charge is 2.43. The predicted octanol–water partition coefficient (Wildman–Crippen LogP) is 1.50. The number of fused-ring (bicyclic) bond motifs is 1. The van der Waals surface area contributed by atoms with Gasteiger partial charge >= 0.3 is 0 Å². The minimum atomic E-state index is -0.0282. The van der Waals surface area contributed by atoms with Crippen molar-refractivity contribution in [1.29, 1.82) is 0 Å². The summed E-state index contributed by atoms with van der Waals surface area (Å²) in [5, 5.41) is 0. The van der Waals surface area contributed by atoms with Crippen LogP contribution in [0.25, 0.3) is 11.0 Å². The van der Waals surface area contributed by atoms with Crippen LogP contribution in [-0.4, -0.2) is 28.8 Å². The Balaban J connectivity index is 2.13. The van der Waals surface area contributed by atoms with E-state index in [2.05, 4.69) is 34.7 Å². The highest BCUT2D eigenvalue weighted by Crippen LogP contribution is 2.36. The van der Waals surface area contributed by atoms with Crippen molar-refractivity contribution in [2.45, 2.75) is 25.3 Å². The van der Waals surface area contributed by atoms with Crippen LogP contribution in [0.15, 0.2) is 18.2 Å².